The minimum Gasteiger partial charge on any atom is -0.494 e. The van der Waals surface area contributed by atoms with Crippen LogP contribution in [0.3, 0.4) is 0 Å². The Morgan fingerprint density at radius 3 is 2.27 bits per heavy atom. The molecule has 5 rings (SSSR count). The van der Waals surface area contributed by atoms with Crippen molar-refractivity contribution in [3.63, 3.8) is 0 Å². The fourth-order valence-electron chi connectivity index (χ4n) is 4.85. The molecule has 1 aromatic carbocycles. The van der Waals surface area contributed by atoms with Gasteiger partial charge in [-0.15, -0.1) is 10.2 Å². The zero-order chi connectivity index (χ0) is 32.4. The SMILES string of the molecule is CCOc1cc(C2CC2)c2nn(CC(=O)c3cc(N4CCOCC4)c(OC)c(C(C)(C)C)c3)c(=N)n2n1.O=C(O)C(F)(F)F. The first-order valence-electron chi connectivity index (χ1n) is 14.2. The van der Waals surface area contributed by atoms with Crippen LogP contribution in [-0.2, 0) is 21.5 Å². The van der Waals surface area contributed by atoms with E-state index < -0.39 is 12.1 Å². The number of aliphatic carboxylic acids is 1. The number of rotatable bonds is 8. The number of alkyl halides is 3. The molecule has 240 valence electrons. The lowest BCUT2D eigenvalue weighted by Crippen LogP contribution is -2.37. The van der Waals surface area contributed by atoms with Gasteiger partial charge in [0.15, 0.2) is 11.4 Å². The number of anilines is 1. The first-order valence-corrected chi connectivity index (χ1v) is 14.2. The minimum absolute atomic E-state index is 0.0461. The average Bonchev–Trinajstić information content (AvgIpc) is 3.77. The van der Waals surface area contributed by atoms with Gasteiger partial charge in [0, 0.05) is 35.8 Å². The van der Waals surface area contributed by atoms with Crippen LogP contribution < -0.4 is 20.0 Å². The molecule has 0 spiro atoms. The first-order chi connectivity index (χ1) is 20.6. The predicted octanol–water partition coefficient (Wildman–Crippen LogP) is 3.95. The van der Waals surface area contributed by atoms with Gasteiger partial charge in [-0.3, -0.25) is 10.2 Å². The molecule has 44 heavy (non-hydrogen) atoms. The number of carbonyl (C=O) groups excluding carboxylic acids is 1. The molecule has 0 radical (unpaired) electrons. The molecular weight excluding hydrogens is 585 g/mol. The number of halogens is 3. The minimum atomic E-state index is -5.08. The van der Waals surface area contributed by atoms with Crippen molar-refractivity contribution >= 4 is 23.1 Å². The van der Waals surface area contributed by atoms with Crippen LogP contribution in [0.1, 0.15) is 67.9 Å². The number of carboxylic acid groups (broad SMARTS) is 1. The number of aromatic nitrogens is 4. The Morgan fingerprint density at radius 2 is 1.75 bits per heavy atom. The molecule has 2 aromatic heterocycles. The van der Waals surface area contributed by atoms with Crippen LogP contribution in [0.2, 0.25) is 0 Å². The smallest absolute Gasteiger partial charge is 0.490 e. The number of ketones is 1. The highest BCUT2D eigenvalue weighted by atomic mass is 19.4. The summed E-state index contributed by atoms with van der Waals surface area (Å²) in [5.74, 6) is -1.23. The van der Waals surface area contributed by atoms with Crippen molar-refractivity contribution in [3.8, 4) is 11.6 Å². The van der Waals surface area contributed by atoms with Gasteiger partial charge in [0.05, 0.1) is 32.6 Å². The van der Waals surface area contributed by atoms with Crippen molar-refractivity contribution in [1.82, 2.24) is 19.4 Å². The van der Waals surface area contributed by atoms with Crippen LogP contribution in [-0.4, -0.2) is 82.4 Å². The second-order valence-corrected chi connectivity index (χ2v) is 11.5. The summed E-state index contributed by atoms with van der Waals surface area (Å²) in [5.41, 5.74) is 3.87. The first kappa shape index (κ1) is 32.8. The summed E-state index contributed by atoms with van der Waals surface area (Å²) in [4.78, 5) is 24.8. The van der Waals surface area contributed by atoms with Gasteiger partial charge in [-0.05, 0) is 43.2 Å². The van der Waals surface area contributed by atoms with Gasteiger partial charge in [-0.1, -0.05) is 20.8 Å². The van der Waals surface area contributed by atoms with Crippen molar-refractivity contribution < 1.29 is 42.1 Å². The topological polar surface area (TPSA) is 144 Å². The lowest BCUT2D eigenvalue weighted by molar-refractivity contribution is -0.192. The molecule has 2 fully saturated rings. The fraction of sp³-hybridized carbons (Fsp3) is 0.552. The lowest BCUT2D eigenvalue weighted by Gasteiger charge is -2.33. The number of hydrogen-bond acceptors (Lipinski definition) is 9. The Balaban J connectivity index is 0.000000566. The van der Waals surface area contributed by atoms with E-state index in [1.54, 1.807) is 7.11 Å². The van der Waals surface area contributed by atoms with E-state index in [-0.39, 0.29) is 23.4 Å². The number of carbonyl (C=O) groups is 2. The number of benzene rings is 1. The largest absolute Gasteiger partial charge is 0.494 e. The van der Waals surface area contributed by atoms with Crippen LogP contribution in [0.25, 0.3) is 5.65 Å². The standard InChI is InChI=1S/C27H36N6O4.C2HF3O2/c1-6-37-23-15-19(17-7-8-17)25-30-32(26(28)33(25)29-23)16-22(34)18-13-20(27(2,3)4)24(35-5)21(14-18)31-9-11-36-12-10-31;3-2(4,5)1(6)7/h13-15,17,28H,6-12,16H2,1-5H3;(H,6,7). The second kappa shape index (κ2) is 12.8. The number of ether oxygens (including phenoxy) is 3. The van der Waals surface area contributed by atoms with Crippen molar-refractivity contribution in [2.45, 2.75) is 64.6 Å². The van der Waals surface area contributed by atoms with E-state index in [1.165, 1.54) is 9.20 Å². The Morgan fingerprint density at radius 1 is 1.11 bits per heavy atom. The number of morpholine rings is 1. The summed E-state index contributed by atoms with van der Waals surface area (Å²) >= 11 is 0. The van der Waals surface area contributed by atoms with E-state index in [1.807, 2.05) is 25.1 Å². The molecule has 3 heterocycles. The summed E-state index contributed by atoms with van der Waals surface area (Å²) in [6, 6.07) is 5.75. The van der Waals surface area contributed by atoms with Gasteiger partial charge >= 0.3 is 12.1 Å². The van der Waals surface area contributed by atoms with Crippen molar-refractivity contribution in [3.05, 3.63) is 40.5 Å². The van der Waals surface area contributed by atoms with Crippen molar-refractivity contribution in [1.29, 1.82) is 5.41 Å². The zero-order valence-electron chi connectivity index (χ0n) is 25.3. The lowest BCUT2D eigenvalue weighted by atomic mass is 9.84. The molecule has 0 amide bonds. The Bertz CT molecular complexity index is 1580. The summed E-state index contributed by atoms with van der Waals surface area (Å²) in [6.45, 7) is 11.4. The van der Waals surface area contributed by atoms with Crippen LogP contribution in [0.4, 0.5) is 18.9 Å². The molecule has 0 bridgehead atoms. The van der Waals surface area contributed by atoms with Gasteiger partial charge in [0.25, 0.3) is 0 Å². The summed E-state index contributed by atoms with van der Waals surface area (Å²) in [5, 5.41) is 25.0. The van der Waals surface area contributed by atoms with Crippen LogP contribution in [0.5, 0.6) is 11.6 Å². The monoisotopic (exact) mass is 622 g/mol. The molecule has 1 saturated carbocycles. The van der Waals surface area contributed by atoms with E-state index in [2.05, 4.69) is 35.9 Å². The maximum absolute atomic E-state index is 13.7. The number of carboxylic acids is 1. The Labute approximate surface area is 251 Å². The molecular formula is C29H37F3N6O6. The summed E-state index contributed by atoms with van der Waals surface area (Å²) < 4.78 is 51.7. The molecule has 2 aliphatic rings. The number of nitrogens with one attached hydrogen (secondary N) is 1. The van der Waals surface area contributed by atoms with Crippen molar-refractivity contribution in [2.24, 2.45) is 0 Å². The number of fused-ring (bicyclic) bond motifs is 1. The normalized spacial score (nSPS) is 15.5. The molecule has 0 unspecified atom stereocenters. The predicted molar refractivity (Wildman–Crippen MR) is 153 cm³/mol. The number of hydrogen-bond donors (Lipinski definition) is 2. The number of Topliss-reactive ketones (excluding diaryl/α,β-unsaturated/α-hetero) is 1. The summed E-state index contributed by atoms with van der Waals surface area (Å²) in [7, 11) is 1.68. The van der Waals surface area contributed by atoms with E-state index >= 15 is 0 Å². The van der Waals surface area contributed by atoms with Gasteiger partial charge in [0.1, 0.15) is 12.3 Å². The number of nitrogens with zero attached hydrogens (tertiary/aromatic N) is 5. The highest BCUT2D eigenvalue weighted by Crippen LogP contribution is 2.42. The van der Waals surface area contributed by atoms with E-state index in [4.69, 9.17) is 29.5 Å². The third kappa shape index (κ3) is 7.31. The number of methoxy groups -OCH3 is 1. The van der Waals surface area contributed by atoms with E-state index in [0.717, 1.165) is 48.5 Å². The molecule has 2 N–H and O–H groups in total. The zero-order valence-corrected chi connectivity index (χ0v) is 25.3. The Hall–Kier alpha value is -4.14. The second-order valence-electron chi connectivity index (χ2n) is 11.5. The highest BCUT2D eigenvalue weighted by molar-refractivity contribution is 5.98. The molecule has 3 aromatic rings. The molecule has 0 atom stereocenters. The van der Waals surface area contributed by atoms with Crippen LogP contribution >= 0.6 is 0 Å². The van der Waals surface area contributed by atoms with Gasteiger partial charge in [-0.25, -0.2) is 9.48 Å². The highest BCUT2D eigenvalue weighted by Gasteiger charge is 2.38. The average molecular weight is 623 g/mol. The molecule has 15 heteroatoms. The van der Waals surface area contributed by atoms with Crippen molar-refractivity contribution in [2.75, 3.05) is 44.9 Å². The fourth-order valence-corrected chi connectivity index (χ4v) is 4.85. The van der Waals surface area contributed by atoms with Gasteiger partial charge in [0.2, 0.25) is 11.5 Å². The van der Waals surface area contributed by atoms with E-state index in [9.17, 15) is 18.0 Å². The van der Waals surface area contributed by atoms with Gasteiger partial charge in [-0.2, -0.15) is 17.7 Å². The molecule has 1 aliphatic carbocycles. The molecule has 1 saturated heterocycles. The maximum atomic E-state index is 13.7. The molecule has 12 nitrogen and oxygen atoms in total. The Kier molecular flexibility index (Phi) is 9.56. The molecule has 1 aliphatic heterocycles. The van der Waals surface area contributed by atoms with Crippen LogP contribution in [0, 0.1) is 5.41 Å². The third-order valence-electron chi connectivity index (χ3n) is 7.20. The van der Waals surface area contributed by atoms with Gasteiger partial charge < -0.3 is 24.2 Å². The summed E-state index contributed by atoms with van der Waals surface area (Å²) in [6.07, 6.45) is -2.92. The maximum Gasteiger partial charge on any atom is 0.490 e. The third-order valence-corrected chi connectivity index (χ3v) is 7.20. The quantitative estimate of drug-likeness (QED) is 0.357. The van der Waals surface area contributed by atoms with Crippen LogP contribution in [0.15, 0.2) is 18.2 Å². The van der Waals surface area contributed by atoms with E-state index in [0.29, 0.717) is 42.8 Å².